The molecule has 0 radical (unpaired) electrons. The van der Waals surface area contributed by atoms with Crippen LogP contribution >= 0.6 is 34.4 Å². The van der Waals surface area contributed by atoms with Gasteiger partial charge in [0.2, 0.25) is 17.7 Å². The third-order valence-electron chi connectivity index (χ3n) is 8.09. The molecule has 2 aliphatic heterocycles. The number of hydrogen-bond donors (Lipinski definition) is 2. The lowest BCUT2D eigenvalue weighted by molar-refractivity contribution is -0.143. The van der Waals surface area contributed by atoms with E-state index in [1.807, 2.05) is 11.4 Å². The quantitative estimate of drug-likeness (QED) is 0.491. The number of aromatic amines is 1. The molecule has 2 N–H and O–H groups in total. The van der Waals surface area contributed by atoms with Crippen LogP contribution in [0.1, 0.15) is 22.1 Å². The molecular weight excluding hydrogens is 521 g/mol. The number of nitrogens with zero attached hydrogens (tertiary/aromatic N) is 1. The molecule has 11 heteroatoms. The number of carbonyl (C=O) groups excluding carboxylic acids is 3. The van der Waals surface area contributed by atoms with Gasteiger partial charge in [0, 0.05) is 26.6 Å². The fourth-order valence-electron chi connectivity index (χ4n) is 6.90. The number of hydrogen-bond acceptors (Lipinski definition) is 7. The first-order chi connectivity index (χ1) is 17.4. The summed E-state index contributed by atoms with van der Waals surface area (Å²) in [6.45, 7) is -0.348. The van der Waals surface area contributed by atoms with E-state index >= 15 is 0 Å². The summed E-state index contributed by atoms with van der Waals surface area (Å²) in [6.07, 6.45) is 0.811. The lowest BCUT2D eigenvalue weighted by atomic mass is 9.69. The Balaban J connectivity index is 1.17. The zero-order chi connectivity index (χ0) is 24.7. The molecule has 1 saturated heterocycles. The largest absolute Gasteiger partial charge is 0.325 e. The molecule has 3 aromatic rings. The highest BCUT2D eigenvalue weighted by molar-refractivity contribution is 8.00. The predicted molar refractivity (Wildman–Crippen MR) is 135 cm³/mol. The Morgan fingerprint density at radius 2 is 1.83 bits per heavy atom. The third kappa shape index (κ3) is 3.22. The second-order valence-electron chi connectivity index (χ2n) is 9.79. The van der Waals surface area contributed by atoms with Crippen molar-refractivity contribution in [3.8, 4) is 0 Å². The Bertz CT molecular complexity index is 1450. The molecule has 3 fully saturated rings. The van der Waals surface area contributed by atoms with Crippen LogP contribution in [0.4, 0.5) is 10.1 Å². The van der Waals surface area contributed by atoms with E-state index in [0.717, 1.165) is 21.2 Å². The van der Waals surface area contributed by atoms with Crippen molar-refractivity contribution in [3.63, 3.8) is 0 Å². The maximum atomic E-state index is 13.6. The lowest BCUT2D eigenvalue weighted by Crippen LogP contribution is -2.42. The molecule has 7 nitrogen and oxygen atoms in total. The van der Waals surface area contributed by atoms with Crippen LogP contribution in [0.25, 0.3) is 0 Å². The fraction of sp³-hybridized carbons (Fsp3) is 0.360. The Hall–Kier alpha value is -2.76. The summed E-state index contributed by atoms with van der Waals surface area (Å²) in [7, 11) is 0. The lowest BCUT2D eigenvalue weighted by Gasteiger charge is -2.42. The van der Waals surface area contributed by atoms with Gasteiger partial charge in [0.05, 0.1) is 16.9 Å². The number of fused-ring (bicyclic) bond motifs is 9. The summed E-state index contributed by atoms with van der Waals surface area (Å²) < 4.78 is 13.2. The van der Waals surface area contributed by atoms with Gasteiger partial charge in [-0.25, -0.2) is 4.39 Å². The minimum Gasteiger partial charge on any atom is -0.325 e. The molecule has 2 aromatic heterocycles. The van der Waals surface area contributed by atoms with E-state index in [1.165, 1.54) is 40.5 Å². The number of benzene rings is 1. The van der Waals surface area contributed by atoms with Gasteiger partial charge in [0.15, 0.2) is 0 Å². The van der Waals surface area contributed by atoms with E-state index in [4.69, 9.17) is 0 Å². The first kappa shape index (κ1) is 22.4. The summed E-state index contributed by atoms with van der Waals surface area (Å²) in [5.41, 5.74) is 0.405. The van der Waals surface area contributed by atoms with Gasteiger partial charge in [-0.2, -0.15) is 0 Å². The van der Waals surface area contributed by atoms with Crippen LogP contribution in [0.5, 0.6) is 0 Å². The molecule has 36 heavy (non-hydrogen) atoms. The summed E-state index contributed by atoms with van der Waals surface area (Å²) in [5.74, 6) is -2.07. The van der Waals surface area contributed by atoms with Gasteiger partial charge < -0.3 is 10.3 Å². The summed E-state index contributed by atoms with van der Waals surface area (Å²) in [4.78, 5) is 58.2. The van der Waals surface area contributed by atoms with Crippen LogP contribution in [0, 0.1) is 35.4 Å². The Morgan fingerprint density at radius 1 is 1.08 bits per heavy atom. The number of nitrogens with one attached hydrogen (secondary N) is 2. The summed E-state index contributed by atoms with van der Waals surface area (Å²) in [5, 5.41) is 5.69. The van der Waals surface area contributed by atoms with Crippen LogP contribution in [0.15, 0.2) is 51.6 Å². The van der Waals surface area contributed by atoms with Crippen LogP contribution in [0.3, 0.4) is 0 Å². The van der Waals surface area contributed by atoms with Gasteiger partial charge in [-0.3, -0.25) is 24.1 Å². The first-order valence-electron chi connectivity index (χ1n) is 11.7. The number of anilines is 1. The number of thiazole rings is 1. The number of thiophene rings is 1. The molecule has 4 aliphatic rings. The standard InChI is InChI=1S/C25H20FN3O4S3/c26-10-3-5-11(6-4-10)27-15(30)9-29-23(31)17-12-8-13(18(17)24(29)32)20-16(12)19(14-2-1-7-34-14)21-22(35-20)28-25(33)36-21/h1-7,12-13,16-20H,8-9H2,(H,27,30)(H,28,33)/t12?,13?,16?,17?,18?,19-,20?/m1/s1. The number of aromatic nitrogens is 1. The molecule has 2 bridgehead atoms. The Kier molecular flexibility index (Phi) is 5.06. The molecule has 6 unspecified atom stereocenters. The number of imide groups is 1. The van der Waals surface area contributed by atoms with Crippen molar-refractivity contribution >= 4 is 57.8 Å². The minimum atomic E-state index is -0.487. The number of likely N-dealkylation sites (tertiary alicyclic amines) is 1. The Labute approximate surface area is 217 Å². The highest BCUT2D eigenvalue weighted by Gasteiger charge is 2.69. The highest BCUT2D eigenvalue weighted by Crippen LogP contribution is 2.68. The van der Waals surface area contributed by atoms with E-state index in [-0.39, 0.29) is 52.2 Å². The SMILES string of the molecule is O=C(CN1C(=O)C2C3CC(C2C1=O)C1C3Sc2[nH]c(=O)sc2[C@@H]1c1cccs1)Nc1ccc(F)cc1. The number of halogens is 1. The van der Waals surface area contributed by atoms with Crippen LogP contribution in [0.2, 0.25) is 0 Å². The normalized spacial score (nSPS) is 31.9. The van der Waals surface area contributed by atoms with Gasteiger partial charge in [-0.05, 0) is 59.9 Å². The maximum Gasteiger partial charge on any atom is 0.305 e. The van der Waals surface area contributed by atoms with E-state index in [2.05, 4.69) is 16.4 Å². The van der Waals surface area contributed by atoms with Crippen molar-refractivity contribution in [1.82, 2.24) is 9.88 Å². The molecule has 7 rings (SSSR count). The van der Waals surface area contributed by atoms with Crippen LogP contribution in [-0.2, 0) is 14.4 Å². The minimum absolute atomic E-state index is 0.0237. The Morgan fingerprint density at radius 3 is 2.56 bits per heavy atom. The monoisotopic (exact) mass is 541 g/mol. The second-order valence-corrected chi connectivity index (χ2v) is 13.0. The average molecular weight is 542 g/mol. The van der Waals surface area contributed by atoms with Crippen LogP contribution in [-0.4, -0.2) is 39.4 Å². The molecule has 4 heterocycles. The predicted octanol–water partition coefficient (Wildman–Crippen LogP) is 3.75. The highest BCUT2D eigenvalue weighted by atomic mass is 32.2. The van der Waals surface area contributed by atoms with Crippen molar-refractivity contribution in [3.05, 3.63) is 67.0 Å². The van der Waals surface area contributed by atoms with Crippen molar-refractivity contribution in [1.29, 1.82) is 0 Å². The van der Waals surface area contributed by atoms with Crippen molar-refractivity contribution in [2.45, 2.75) is 22.6 Å². The fourth-order valence-corrected chi connectivity index (χ4v) is 10.7. The second kappa shape index (κ2) is 8.12. The molecular formula is C25H20FN3O4S3. The third-order valence-corrected chi connectivity index (χ3v) is 11.6. The first-order valence-corrected chi connectivity index (χ1v) is 14.3. The summed E-state index contributed by atoms with van der Waals surface area (Å²) >= 11 is 4.56. The molecule has 3 amide bonds. The van der Waals surface area contributed by atoms with E-state index in [0.29, 0.717) is 5.69 Å². The number of rotatable bonds is 4. The topological polar surface area (TPSA) is 99.3 Å². The smallest absolute Gasteiger partial charge is 0.305 e. The van der Waals surface area contributed by atoms with Gasteiger partial charge in [-0.15, -0.1) is 23.1 Å². The number of H-pyrrole nitrogens is 1. The molecule has 2 saturated carbocycles. The maximum absolute atomic E-state index is 13.6. The van der Waals surface area contributed by atoms with Crippen molar-refractivity contribution in [2.75, 3.05) is 11.9 Å². The van der Waals surface area contributed by atoms with Crippen molar-refractivity contribution in [2.24, 2.45) is 29.6 Å². The van der Waals surface area contributed by atoms with E-state index < -0.39 is 23.6 Å². The molecule has 0 spiro atoms. The molecule has 2 aliphatic carbocycles. The number of thioether (sulfide) groups is 1. The van der Waals surface area contributed by atoms with E-state index in [9.17, 15) is 23.6 Å². The summed E-state index contributed by atoms with van der Waals surface area (Å²) in [6, 6.07) is 9.44. The molecule has 7 atom stereocenters. The van der Waals surface area contributed by atoms with Gasteiger partial charge in [0.25, 0.3) is 0 Å². The van der Waals surface area contributed by atoms with Crippen LogP contribution < -0.4 is 10.2 Å². The van der Waals surface area contributed by atoms with Crippen molar-refractivity contribution < 1.29 is 18.8 Å². The zero-order valence-electron chi connectivity index (χ0n) is 18.7. The van der Waals surface area contributed by atoms with Gasteiger partial charge >= 0.3 is 4.87 Å². The number of carbonyl (C=O) groups is 3. The number of amides is 3. The van der Waals surface area contributed by atoms with Gasteiger partial charge in [-0.1, -0.05) is 17.4 Å². The molecule has 1 aromatic carbocycles. The average Bonchev–Trinajstić information content (AvgIpc) is 3.66. The molecule has 184 valence electrons. The van der Waals surface area contributed by atoms with Gasteiger partial charge in [0.1, 0.15) is 12.4 Å². The van der Waals surface area contributed by atoms with E-state index in [1.54, 1.807) is 23.1 Å². The zero-order valence-corrected chi connectivity index (χ0v) is 21.1.